The standard InChI is InChI=1S/C15H21N3OS/c1-9-13(7-16-12-5-4-6-19-8-12)20-15-14(9)10(2)17-11(3)18-15/h12,16H,4-8H2,1-3H3. The molecular weight excluding hydrogens is 270 g/mol. The normalized spacial score (nSPS) is 19.6. The van der Waals surface area contributed by atoms with Crippen LogP contribution in [-0.2, 0) is 11.3 Å². The summed E-state index contributed by atoms with van der Waals surface area (Å²) >= 11 is 1.79. The van der Waals surface area contributed by atoms with Crippen LogP contribution in [0.15, 0.2) is 0 Å². The van der Waals surface area contributed by atoms with Crippen molar-refractivity contribution in [1.29, 1.82) is 0 Å². The molecule has 2 aromatic rings. The fourth-order valence-electron chi connectivity index (χ4n) is 2.83. The van der Waals surface area contributed by atoms with Gasteiger partial charge in [0.2, 0.25) is 0 Å². The van der Waals surface area contributed by atoms with E-state index >= 15 is 0 Å². The zero-order valence-corrected chi connectivity index (χ0v) is 13.1. The number of aryl methyl sites for hydroxylation is 3. The average molecular weight is 291 g/mol. The van der Waals surface area contributed by atoms with Crippen molar-refractivity contribution in [1.82, 2.24) is 15.3 Å². The van der Waals surface area contributed by atoms with Gasteiger partial charge in [-0.1, -0.05) is 0 Å². The van der Waals surface area contributed by atoms with Crippen LogP contribution in [0.4, 0.5) is 0 Å². The van der Waals surface area contributed by atoms with Crippen LogP contribution in [0.3, 0.4) is 0 Å². The first kappa shape index (κ1) is 13.9. The predicted molar refractivity (Wildman–Crippen MR) is 82.3 cm³/mol. The lowest BCUT2D eigenvalue weighted by Crippen LogP contribution is -2.36. The number of nitrogens with zero attached hydrogens (tertiary/aromatic N) is 2. The predicted octanol–water partition coefficient (Wildman–Crippen LogP) is 2.89. The van der Waals surface area contributed by atoms with Crippen molar-refractivity contribution in [3.05, 3.63) is 22.0 Å². The Morgan fingerprint density at radius 2 is 2.15 bits per heavy atom. The quantitative estimate of drug-likeness (QED) is 0.944. The van der Waals surface area contributed by atoms with Gasteiger partial charge >= 0.3 is 0 Å². The molecule has 0 aromatic carbocycles. The van der Waals surface area contributed by atoms with E-state index < -0.39 is 0 Å². The van der Waals surface area contributed by atoms with E-state index in [4.69, 9.17) is 4.74 Å². The third-order valence-corrected chi connectivity index (χ3v) is 5.08. The van der Waals surface area contributed by atoms with Crippen molar-refractivity contribution in [3.8, 4) is 0 Å². The van der Waals surface area contributed by atoms with Crippen LogP contribution >= 0.6 is 11.3 Å². The zero-order valence-electron chi connectivity index (χ0n) is 12.3. The highest BCUT2D eigenvalue weighted by Crippen LogP contribution is 2.31. The molecule has 1 N–H and O–H groups in total. The lowest BCUT2D eigenvalue weighted by molar-refractivity contribution is 0.0700. The van der Waals surface area contributed by atoms with Crippen LogP contribution in [0.2, 0.25) is 0 Å². The van der Waals surface area contributed by atoms with E-state index in [1.807, 2.05) is 6.92 Å². The molecule has 1 saturated heterocycles. The van der Waals surface area contributed by atoms with E-state index in [1.165, 1.54) is 22.2 Å². The van der Waals surface area contributed by atoms with E-state index in [2.05, 4.69) is 29.1 Å². The van der Waals surface area contributed by atoms with Crippen molar-refractivity contribution in [2.45, 2.75) is 46.2 Å². The molecule has 0 amide bonds. The van der Waals surface area contributed by atoms with E-state index in [0.29, 0.717) is 6.04 Å². The van der Waals surface area contributed by atoms with Gasteiger partial charge in [0.25, 0.3) is 0 Å². The van der Waals surface area contributed by atoms with Crippen molar-refractivity contribution in [2.75, 3.05) is 13.2 Å². The molecule has 0 radical (unpaired) electrons. The Hall–Kier alpha value is -1.04. The fourth-order valence-corrected chi connectivity index (χ4v) is 4.05. The Morgan fingerprint density at radius 1 is 1.30 bits per heavy atom. The molecule has 5 heteroatoms. The number of ether oxygens (including phenoxy) is 1. The van der Waals surface area contributed by atoms with Crippen molar-refractivity contribution < 1.29 is 4.74 Å². The van der Waals surface area contributed by atoms with Gasteiger partial charge in [0.1, 0.15) is 10.7 Å². The zero-order chi connectivity index (χ0) is 14.1. The summed E-state index contributed by atoms with van der Waals surface area (Å²) in [6, 6.07) is 0.488. The second-order valence-electron chi connectivity index (χ2n) is 5.48. The monoisotopic (exact) mass is 291 g/mol. The molecule has 1 fully saturated rings. The molecule has 2 aromatic heterocycles. The molecular formula is C15H21N3OS. The summed E-state index contributed by atoms with van der Waals surface area (Å²) in [5.74, 6) is 0.858. The summed E-state index contributed by atoms with van der Waals surface area (Å²) in [6.07, 6.45) is 2.37. The summed E-state index contributed by atoms with van der Waals surface area (Å²) in [4.78, 5) is 11.5. The summed E-state index contributed by atoms with van der Waals surface area (Å²) in [5, 5.41) is 4.84. The molecule has 20 heavy (non-hydrogen) atoms. The molecule has 1 atom stereocenters. The highest BCUT2D eigenvalue weighted by Gasteiger charge is 2.16. The summed E-state index contributed by atoms with van der Waals surface area (Å²) in [6.45, 7) is 8.86. The van der Waals surface area contributed by atoms with E-state index in [0.717, 1.165) is 42.5 Å². The van der Waals surface area contributed by atoms with Gasteiger partial charge in [0.05, 0.1) is 6.61 Å². The highest BCUT2D eigenvalue weighted by molar-refractivity contribution is 7.18. The lowest BCUT2D eigenvalue weighted by atomic mass is 10.1. The molecule has 3 rings (SSSR count). The molecule has 1 unspecified atom stereocenters. The third-order valence-electron chi connectivity index (χ3n) is 3.89. The summed E-state index contributed by atoms with van der Waals surface area (Å²) in [7, 11) is 0. The van der Waals surface area contributed by atoms with Crippen LogP contribution in [0.25, 0.3) is 10.2 Å². The minimum atomic E-state index is 0.488. The Bertz CT molecular complexity index is 617. The van der Waals surface area contributed by atoms with Gasteiger partial charge in [-0.3, -0.25) is 0 Å². The molecule has 4 nitrogen and oxygen atoms in total. The third kappa shape index (κ3) is 2.71. The maximum atomic E-state index is 5.51. The number of aromatic nitrogens is 2. The van der Waals surface area contributed by atoms with Crippen LogP contribution in [0, 0.1) is 20.8 Å². The minimum Gasteiger partial charge on any atom is -0.380 e. The van der Waals surface area contributed by atoms with Crippen molar-refractivity contribution in [3.63, 3.8) is 0 Å². The summed E-state index contributed by atoms with van der Waals surface area (Å²) < 4.78 is 5.51. The number of rotatable bonds is 3. The second kappa shape index (κ2) is 5.76. The fraction of sp³-hybridized carbons (Fsp3) is 0.600. The maximum absolute atomic E-state index is 5.51. The van der Waals surface area contributed by atoms with Gasteiger partial charge in [-0.25, -0.2) is 9.97 Å². The number of nitrogens with one attached hydrogen (secondary N) is 1. The first-order chi connectivity index (χ1) is 9.65. The highest BCUT2D eigenvalue weighted by atomic mass is 32.1. The topological polar surface area (TPSA) is 47.0 Å². The van der Waals surface area contributed by atoms with Gasteiger partial charge in [-0.05, 0) is 39.2 Å². The average Bonchev–Trinajstić information content (AvgIpc) is 2.74. The smallest absolute Gasteiger partial charge is 0.127 e. The molecule has 1 aliphatic rings. The van der Waals surface area contributed by atoms with Gasteiger partial charge < -0.3 is 10.1 Å². The van der Waals surface area contributed by atoms with E-state index in [9.17, 15) is 0 Å². The first-order valence-electron chi connectivity index (χ1n) is 7.19. The largest absolute Gasteiger partial charge is 0.380 e. The van der Waals surface area contributed by atoms with Crippen molar-refractivity contribution in [2.24, 2.45) is 0 Å². The molecule has 0 bridgehead atoms. The van der Waals surface area contributed by atoms with Gasteiger partial charge in [-0.2, -0.15) is 0 Å². The number of hydrogen-bond donors (Lipinski definition) is 1. The number of thiophene rings is 1. The first-order valence-corrected chi connectivity index (χ1v) is 8.01. The van der Waals surface area contributed by atoms with E-state index in [-0.39, 0.29) is 0 Å². The molecule has 108 valence electrons. The van der Waals surface area contributed by atoms with Gasteiger partial charge in [-0.15, -0.1) is 11.3 Å². The van der Waals surface area contributed by atoms with Crippen molar-refractivity contribution >= 4 is 21.6 Å². The lowest BCUT2D eigenvalue weighted by Gasteiger charge is -2.23. The Labute approximate surface area is 123 Å². The Morgan fingerprint density at radius 3 is 2.90 bits per heavy atom. The molecule has 3 heterocycles. The number of hydrogen-bond acceptors (Lipinski definition) is 5. The van der Waals surface area contributed by atoms with Gasteiger partial charge in [0.15, 0.2) is 0 Å². The van der Waals surface area contributed by atoms with E-state index in [1.54, 1.807) is 11.3 Å². The van der Waals surface area contributed by atoms with Crippen LogP contribution in [-0.4, -0.2) is 29.2 Å². The summed E-state index contributed by atoms with van der Waals surface area (Å²) in [5.41, 5.74) is 2.42. The molecule has 0 spiro atoms. The maximum Gasteiger partial charge on any atom is 0.127 e. The second-order valence-corrected chi connectivity index (χ2v) is 6.57. The molecule has 0 saturated carbocycles. The van der Waals surface area contributed by atoms with Crippen LogP contribution in [0.1, 0.15) is 34.8 Å². The Balaban J connectivity index is 1.81. The number of fused-ring (bicyclic) bond motifs is 1. The SMILES string of the molecule is Cc1nc(C)c2c(C)c(CNC3CCCOC3)sc2n1. The Kier molecular flexibility index (Phi) is 4.01. The molecule has 0 aliphatic carbocycles. The molecule has 1 aliphatic heterocycles. The minimum absolute atomic E-state index is 0.488. The van der Waals surface area contributed by atoms with Gasteiger partial charge in [0, 0.05) is 35.2 Å². The van der Waals surface area contributed by atoms with Crippen LogP contribution < -0.4 is 5.32 Å². The van der Waals surface area contributed by atoms with Crippen LogP contribution in [0.5, 0.6) is 0 Å².